The number of nitrogens with one attached hydrogen (secondary N) is 2. The largest absolute Gasteiger partial charge is 0.342 e. The molecule has 0 aliphatic carbocycles. The van der Waals surface area contributed by atoms with Crippen LogP contribution in [0, 0.1) is 6.92 Å². The van der Waals surface area contributed by atoms with E-state index in [0.717, 1.165) is 42.5 Å². The molecule has 4 N–H and O–H groups in total. The molecule has 0 radical (unpaired) electrons. The fraction of sp³-hybridized carbons (Fsp3) is 0.484. The van der Waals surface area contributed by atoms with Gasteiger partial charge in [0.1, 0.15) is 12.1 Å². The number of nitrogens with two attached hydrogens (primary N) is 1. The number of carbonyl (C=O) groups is 4. The highest BCUT2D eigenvalue weighted by Crippen LogP contribution is 2.26. The van der Waals surface area contributed by atoms with E-state index in [9.17, 15) is 19.2 Å². The predicted octanol–water partition coefficient (Wildman–Crippen LogP) is 3.56. The van der Waals surface area contributed by atoms with Gasteiger partial charge in [0.15, 0.2) is 0 Å². The first-order valence-corrected chi connectivity index (χ1v) is 14.8. The molecule has 220 valence electrons. The number of aryl methyl sites for hydroxylation is 1. The Hall–Kier alpha value is -3.43. The van der Waals surface area contributed by atoms with Crippen molar-refractivity contribution >= 4 is 40.9 Å². The Balaban J connectivity index is 1.47. The highest BCUT2D eigenvalue weighted by molar-refractivity contribution is 6.31. The van der Waals surface area contributed by atoms with E-state index in [-0.39, 0.29) is 50.2 Å². The lowest BCUT2D eigenvalue weighted by Crippen LogP contribution is -2.56. The summed E-state index contributed by atoms with van der Waals surface area (Å²) in [6.07, 6.45) is 3.57. The smallest absolute Gasteiger partial charge is 0.246 e. The molecular weight excluding hydrogens is 542 g/mol. The SMILES string of the molecule is CC[C@@H]1CCCN1C(=O)CCC(=O)N1Cc2ccccc2C[C@H]1C(=O)N[C@@H](CCN)C(=O)Nc1ccc(Cl)c(C)c1. The van der Waals surface area contributed by atoms with E-state index in [4.69, 9.17) is 17.3 Å². The maximum atomic E-state index is 13.7. The highest BCUT2D eigenvalue weighted by atomic mass is 35.5. The molecule has 4 rings (SSSR count). The number of halogens is 1. The summed E-state index contributed by atoms with van der Waals surface area (Å²) in [5.41, 5.74) is 9.11. The molecule has 0 unspecified atom stereocenters. The minimum atomic E-state index is -0.889. The Kier molecular flexibility index (Phi) is 10.4. The molecule has 2 heterocycles. The van der Waals surface area contributed by atoms with Gasteiger partial charge in [0.2, 0.25) is 23.6 Å². The normalized spacial score (nSPS) is 18.9. The maximum absolute atomic E-state index is 13.7. The van der Waals surface area contributed by atoms with Gasteiger partial charge in [-0.2, -0.15) is 0 Å². The third kappa shape index (κ3) is 7.45. The van der Waals surface area contributed by atoms with Crippen LogP contribution in [0.3, 0.4) is 0 Å². The zero-order chi connectivity index (χ0) is 29.5. The summed E-state index contributed by atoms with van der Waals surface area (Å²) < 4.78 is 0. The summed E-state index contributed by atoms with van der Waals surface area (Å²) in [5, 5.41) is 6.26. The van der Waals surface area contributed by atoms with Gasteiger partial charge in [0.25, 0.3) is 0 Å². The van der Waals surface area contributed by atoms with E-state index < -0.39 is 23.9 Å². The van der Waals surface area contributed by atoms with Crippen molar-refractivity contribution in [3.05, 3.63) is 64.2 Å². The van der Waals surface area contributed by atoms with E-state index in [0.29, 0.717) is 17.1 Å². The third-order valence-corrected chi connectivity index (χ3v) is 8.53. The van der Waals surface area contributed by atoms with Crippen LogP contribution in [-0.2, 0) is 32.1 Å². The molecule has 0 saturated carbocycles. The Morgan fingerprint density at radius 1 is 1.05 bits per heavy atom. The van der Waals surface area contributed by atoms with Crippen LogP contribution >= 0.6 is 11.6 Å². The molecular formula is C31H40ClN5O4. The van der Waals surface area contributed by atoms with Crippen LogP contribution in [0.5, 0.6) is 0 Å². The summed E-state index contributed by atoms with van der Waals surface area (Å²) in [5.74, 6) is -1.10. The molecule has 1 saturated heterocycles. The van der Waals surface area contributed by atoms with Crippen LogP contribution < -0.4 is 16.4 Å². The number of anilines is 1. The van der Waals surface area contributed by atoms with Crippen LogP contribution in [0.25, 0.3) is 0 Å². The first-order chi connectivity index (χ1) is 19.7. The second kappa shape index (κ2) is 14.0. The standard InChI is InChI=1S/C31H40ClN5O4/c1-3-24-9-6-16-36(24)28(38)12-13-29(39)37-19-22-8-5-4-7-21(22)18-27(37)31(41)35-26(14-15-33)30(40)34-23-10-11-25(32)20(2)17-23/h4-5,7-8,10-11,17,24,26-27H,3,6,9,12-16,18-19,33H2,1-2H3,(H,34,40)(H,35,41)/t24-,26+,27+/m1/s1. The molecule has 0 aromatic heterocycles. The molecule has 9 nitrogen and oxygen atoms in total. The lowest BCUT2D eigenvalue weighted by molar-refractivity contribution is -0.144. The van der Waals surface area contributed by atoms with Gasteiger partial charge in [-0.05, 0) is 74.0 Å². The van der Waals surface area contributed by atoms with Crippen LogP contribution in [-0.4, -0.2) is 64.6 Å². The van der Waals surface area contributed by atoms with Gasteiger partial charge in [-0.1, -0.05) is 42.8 Å². The Bertz CT molecular complexity index is 1280. The van der Waals surface area contributed by atoms with Crippen molar-refractivity contribution in [2.24, 2.45) is 5.73 Å². The van der Waals surface area contributed by atoms with Gasteiger partial charge >= 0.3 is 0 Å². The number of fused-ring (bicyclic) bond motifs is 1. The average molecular weight is 582 g/mol. The number of benzene rings is 2. The fourth-order valence-electron chi connectivity index (χ4n) is 5.76. The monoisotopic (exact) mass is 581 g/mol. The first kappa shape index (κ1) is 30.5. The zero-order valence-electron chi connectivity index (χ0n) is 23.8. The van der Waals surface area contributed by atoms with Crippen molar-refractivity contribution in [3.63, 3.8) is 0 Å². The lowest BCUT2D eigenvalue weighted by Gasteiger charge is -2.37. The quantitative estimate of drug-likeness (QED) is 0.396. The van der Waals surface area contributed by atoms with Crippen molar-refractivity contribution in [2.75, 3.05) is 18.4 Å². The molecule has 1 fully saturated rings. The number of hydrogen-bond acceptors (Lipinski definition) is 5. The second-order valence-corrected chi connectivity index (χ2v) is 11.3. The van der Waals surface area contributed by atoms with Gasteiger partial charge in [0.05, 0.1) is 0 Å². The minimum absolute atomic E-state index is 0.0155. The van der Waals surface area contributed by atoms with Crippen LogP contribution in [0.4, 0.5) is 5.69 Å². The minimum Gasteiger partial charge on any atom is -0.342 e. The van der Waals surface area contributed by atoms with Crippen molar-refractivity contribution in [2.45, 2.75) is 83.5 Å². The molecule has 0 bridgehead atoms. The summed E-state index contributed by atoms with van der Waals surface area (Å²) in [4.78, 5) is 56.7. The Labute approximate surface area is 246 Å². The molecule has 2 aliphatic rings. The molecule has 3 atom stereocenters. The van der Waals surface area contributed by atoms with E-state index in [1.807, 2.05) is 36.1 Å². The van der Waals surface area contributed by atoms with Gasteiger partial charge in [-0.3, -0.25) is 19.2 Å². The number of carbonyl (C=O) groups excluding carboxylic acids is 4. The average Bonchev–Trinajstić information content (AvgIpc) is 3.46. The Morgan fingerprint density at radius 2 is 1.76 bits per heavy atom. The van der Waals surface area contributed by atoms with Gasteiger partial charge in [0, 0.05) is 49.1 Å². The van der Waals surface area contributed by atoms with Gasteiger partial charge in [-0.15, -0.1) is 0 Å². The van der Waals surface area contributed by atoms with Gasteiger partial charge < -0.3 is 26.2 Å². The summed E-state index contributed by atoms with van der Waals surface area (Å²) in [6.45, 7) is 5.09. The summed E-state index contributed by atoms with van der Waals surface area (Å²) in [6, 6.07) is 11.4. The molecule has 4 amide bonds. The highest BCUT2D eigenvalue weighted by Gasteiger charge is 2.36. The molecule has 0 spiro atoms. The zero-order valence-corrected chi connectivity index (χ0v) is 24.6. The molecule has 2 aromatic rings. The molecule has 10 heteroatoms. The molecule has 41 heavy (non-hydrogen) atoms. The van der Waals surface area contributed by atoms with Crippen molar-refractivity contribution in [3.8, 4) is 0 Å². The number of amides is 4. The van der Waals surface area contributed by atoms with Crippen molar-refractivity contribution in [1.82, 2.24) is 15.1 Å². The first-order valence-electron chi connectivity index (χ1n) is 14.4. The van der Waals surface area contributed by atoms with Crippen molar-refractivity contribution in [1.29, 1.82) is 0 Å². The fourth-order valence-corrected chi connectivity index (χ4v) is 5.88. The van der Waals surface area contributed by atoms with Gasteiger partial charge in [-0.25, -0.2) is 0 Å². The number of nitrogens with zero attached hydrogens (tertiary/aromatic N) is 2. The van der Waals surface area contributed by atoms with E-state index in [1.165, 1.54) is 0 Å². The lowest BCUT2D eigenvalue weighted by atomic mass is 9.92. The van der Waals surface area contributed by atoms with E-state index >= 15 is 0 Å². The summed E-state index contributed by atoms with van der Waals surface area (Å²) >= 11 is 6.11. The van der Waals surface area contributed by atoms with E-state index in [2.05, 4.69) is 17.6 Å². The molecule has 2 aromatic carbocycles. The van der Waals surface area contributed by atoms with Crippen LogP contribution in [0.2, 0.25) is 5.02 Å². The third-order valence-electron chi connectivity index (χ3n) is 8.11. The topological polar surface area (TPSA) is 125 Å². The number of rotatable bonds is 10. The van der Waals surface area contributed by atoms with Crippen LogP contribution in [0.15, 0.2) is 42.5 Å². The maximum Gasteiger partial charge on any atom is 0.246 e. The molecule has 2 aliphatic heterocycles. The summed E-state index contributed by atoms with van der Waals surface area (Å²) in [7, 11) is 0. The van der Waals surface area contributed by atoms with Crippen molar-refractivity contribution < 1.29 is 19.2 Å². The van der Waals surface area contributed by atoms with E-state index in [1.54, 1.807) is 23.1 Å². The predicted molar refractivity (Wildman–Crippen MR) is 159 cm³/mol. The number of hydrogen-bond donors (Lipinski definition) is 3. The Morgan fingerprint density at radius 3 is 2.44 bits per heavy atom. The number of likely N-dealkylation sites (tertiary alicyclic amines) is 1. The second-order valence-electron chi connectivity index (χ2n) is 10.9. The van der Waals surface area contributed by atoms with Crippen LogP contribution in [0.1, 0.15) is 62.1 Å².